The molecule has 0 saturated heterocycles. The number of nitrogens with one attached hydrogen (secondary N) is 1. The first-order valence-corrected chi connectivity index (χ1v) is 8.55. The molecule has 0 aliphatic rings. The number of carbonyl (C=O) groups excluding carboxylic acids is 1. The van der Waals surface area contributed by atoms with Gasteiger partial charge in [0.25, 0.3) is 5.91 Å². The number of nitrogens with zero attached hydrogens (tertiary/aromatic N) is 2. The number of carboxylic acid groups (broad SMARTS) is 1. The van der Waals surface area contributed by atoms with Crippen molar-refractivity contribution in [3.8, 4) is 0 Å². The molecule has 3 rings (SSSR count). The summed E-state index contributed by atoms with van der Waals surface area (Å²) in [4.78, 5) is 28.0. The molecule has 7 heteroatoms. The quantitative estimate of drug-likeness (QED) is 0.684. The van der Waals surface area contributed by atoms with Crippen LogP contribution < -0.4 is 5.32 Å². The summed E-state index contributed by atoms with van der Waals surface area (Å²) in [6.07, 6.45) is 2.40. The zero-order valence-electron chi connectivity index (χ0n) is 13.5. The van der Waals surface area contributed by atoms with E-state index in [2.05, 4.69) is 26.2 Å². The average Bonchev–Trinajstić information content (AvgIpc) is 2.94. The summed E-state index contributed by atoms with van der Waals surface area (Å²) in [5.74, 6) is -1.14. The van der Waals surface area contributed by atoms with Crippen molar-refractivity contribution < 1.29 is 14.7 Å². The molecule has 0 atom stereocenters. The number of halogens is 1. The molecule has 2 aromatic heterocycles. The second-order valence-corrected chi connectivity index (χ2v) is 6.47. The number of carbonyl (C=O) groups is 2. The third-order valence-electron chi connectivity index (χ3n) is 3.77. The van der Waals surface area contributed by atoms with Crippen LogP contribution in [0.1, 0.15) is 28.7 Å². The molecule has 0 spiro atoms. The molecule has 2 N–H and O–H groups in total. The molecule has 0 saturated carbocycles. The predicted molar refractivity (Wildman–Crippen MR) is 98.0 cm³/mol. The van der Waals surface area contributed by atoms with Crippen LogP contribution in [-0.4, -0.2) is 26.4 Å². The fourth-order valence-corrected chi connectivity index (χ4v) is 2.96. The summed E-state index contributed by atoms with van der Waals surface area (Å²) in [6.45, 7) is 1.95. The highest BCUT2D eigenvalue weighted by Crippen LogP contribution is 2.19. The number of pyridine rings is 1. The highest BCUT2D eigenvalue weighted by atomic mass is 79.9. The Hall–Kier alpha value is -2.67. The summed E-state index contributed by atoms with van der Waals surface area (Å²) in [7, 11) is 0. The van der Waals surface area contributed by atoms with E-state index in [1.807, 2.05) is 25.3 Å². The molecule has 3 aromatic rings. The third-order valence-corrected chi connectivity index (χ3v) is 4.24. The standard InChI is InChI=1S/C18H16BrN3O3/c1-2-14-17(22-10-12(19)5-8-15(22)21-14)18(25)20-13-6-3-11(4-7-13)9-16(23)24/h3-8,10H,2,9H2,1H3,(H,20,25)(H,23,24). The normalized spacial score (nSPS) is 10.8. The Bertz CT molecular complexity index is 948. The lowest BCUT2D eigenvalue weighted by molar-refractivity contribution is -0.136. The molecule has 25 heavy (non-hydrogen) atoms. The van der Waals surface area contributed by atoms with Gasteiger partial charge in [-0.1, -0.05) is 19.1 Å². The van der Waals surface area contributed by atoms with Crippen molar-refractivity contribution >= 4 is 39.1 Å². The number of carboxylic acids is 1. The number of aromatic nitrogens is 2. The number of anilines is 1. The lowest BCUT2D eigenvalue weighted by Gasteiger charge is -2.07. The van der Waals surface area contributed by atoms with Crippen LogP contribution in [0.3, 0.4) is 0 Å². The molecule has 6 nitrogen and oxygen atoms in total. The van der Waals surface area contributed by atoms with Crippen molar-refractivity contribution in [1.29, 1.82) is 0 Å². The fraction of sp³-hybridized carbons (Fsp3) is 0.167. The first-order chi connectivity index (χ1) is 12.0. The third kappa shape index (κ3) is 3.71. The first-order valence-electron chi connectivity index (χ1n) is 7.76. The van der Waals surface area contributed by atoms with Crippen LogP contribution in [0.15, 0.2) is 47.1 Å². The maximum atomic E-state index is 12.8. The molecule has 0 unspecified atom stereocenters. The number of fused-ring (bicyclic) bond motifs is 1. The molecule has 128 valence electrons. The number of amides is 1. The predicted octanol–water partition coefficient (Wildman–Crippen LogP) is 3.54. The summed E-state index contributed by atoms with van der Waals surface area (Å²) < 4.78 is 2.61. The van der Waals surface area contributed by atoms with E-state index in [0.29, 0.717) is 29.0 Å². The minimum atomic E-state index is -0.888. The second kappa shape index (κ2) is 7.06. The Balaban J connectivity index is 1.89. The molecule has 0 aliphatic carbocycles. The summed E-state index contributed by atoms with van der Waals surface area (Å²) in [5, 5.41) is 11.7. The van der Waals surface area contributed by atoms with Crippen LogP contribution in [0.2, 0.25) is 0 Å². The summed E-state index contributed by atoms with van der Waals surface area (Å²) in [6, 6.07) is 10.5. The van der Waals surface area contributed by atoms with E-state index in [1.165, 1.54) is 0 Å². The maximum Gasteiger partial charge on any atom is 0.307 e. The van der Waals surface area contributed by atoms with Gasteiger partial charge in [0.05, 0.1) is 12.1 Å². The molecular formula is C18H16BrN3O3. The summed E-state index contributed by atoms with van der Waals surface area (Å²) in [5.41, 5.74) is 3.21. The molecular weight excluding hydrogens is 386 g/mol. The monoisotopic (exact) mass is 401 g/mol. The van der Waals surface area contributed by atoms with Gasteiger partial charge in [0.1, 0.15) is 11.3 Å². The Labute approximate surface area is 152 Å². The van der Waals surface area contributed by atoms with Gasteiger partial charge in [-0.05, 0) is 52.2 Å². The lowest BCUT2D eigenvalue weighted by Crippen LogP contribution is -2.16. The van der Waals surface area contributed by atoms with E-state index in [4.69, 9.17) is 5.11 Å². The molecule has 2 heterocycles. The molecule has 1 amide bonds. The second-order valence-electron chi connectivity index (χ2n) is 5.56. The van der Waals surface area contributed by atoms with Gasteiger partial charge in [-0.25, -0.2) is 4.98 Å². The number of hydrogen-bond donors (Lipinski definition) is 2. The molecule has 0 radical (unpaired) electrons. The molecule has 0 fully saturated rings. The zero-order valence-corrected chi connectivity index (χ0v) is 15.1. The Morgan fingerprint density at radius 2 is 1.92 bits per heavy atom. The number of benzene rings is 1. The fourth-order valence-electron chi connectivity index (χ4n) is 2.63. The van der Waals surface area contributed by atoms with Crippen molar-refractivity contribution in [2.24, 2.45) is 0 Å². The van der Waals surface area contributed by atoms with E-state index in [0.717, 1.165) is 10.2 Å². The van der Waals surface area contributed by atoms with Crippen molar-refractivity contribution in [2.45, 2.75) is 19.8 Å². The van der Waals surface area contributed by atoms with Crippen LogP contribution in [0.5, 0.6) is 0 Å². The molecule has 0 aliphatic heterocycles. The maximum absolute atomic E-state index is 12.8. The van der Waals surface area contributed by atoms with Gasteiger partial charge in [0, 0.05) is 16.4 Å². The highest BCUT2D eigenvalue weighted by Gasteiger charge is 2.18. The van der Waals surface area contributed by atoms with Gasteiger partial charge in [-0.3, -0.25) is 14.0 Å². The topological polar surface area (TPSA) is 83.7 Å². The average molecular weight is 402 g/mol. The van der Waals surface area contributed by atoms with Crippen LogP contribution in [-0.2, 0) is 17.6 Å². The van der Waals surface area contributed by atoms with Gasteiger partial charge in [0.2, 0.25) is 0 Å². The SMILES string of the molecule is CCc1nc2ccc(Br)cn2c1C(=O)Nc1ccc(CC(=O)O)cc1. The number of aliphatic carboxylic acids is 1. The minimum Gasteiger partial charge on any atom is -0.481 e. The van der Waals surface area contributed by atoms with E-state index in [-0.39, 0.29) is 12.3 Å². The van der Waals surface area contributed by atoms with E-state index < -0.39 is 5.97 Å². The summed E-state index contributed by atoms with van der Waals surface area (Å²) >= 11 is 3.41. The van der Waals surface area contributed by atoms with Crippen LogP contribution >= 0.6 is 15.9 Å². The number of imidazole rings is 1. The smallest absolute Gasteiger partial charge is 0.307 e. The number of hydrogen-bond acceptors (Lipinski definition) is 3. The van der Waals surface area contributed by atoms with Crippen LogP contribution in [0.25, 0.3) is 5.65 Å². The number of rotatable bonds is 5. The first kappa shape index (κ1) is 17.2. The van der Waals surface area contributed by atoms with E-state index >= 15 is 0 Å². The van der Waals surface area contributed by atoms with Gasteiger partial charge in [-0.15, -0.1) is 0 Å². The van der Waals surface area contributed by atoms with Crippen molar-refractivity contribution in [3.63, 3.8) is 0 Å². The van der Waals surface area contributed by atoms with Gasteiger partial charge >= 0.3 is 5.97 Å². The van der Waals surface area contributed by atoms with Gasteiger partial charge in [0.15, 0.2) is 0 Å². The van der Waals surface area contributed by atoms with Crippen LogP contribution in [0.4, 0.5) is 5.69 Å². The van der Waals surface area contributed by atoms with Gasteiger partial charge < -0.3 is 10.4 Å². The Morgan fingerprint density at radius 1 is 1.20 bits per heavy atom. The van der Waals surface area contributed by atoms with Crippen molar-refractivity contribution in [2.75, 3.05) is 5.32 Å². The van der Waals surface area contributed by atoms with Crippen LogP contribution in [0, 0.1) is 0 Å². The van der Waals surface area contributed by atoms with Gasteiger partial charge in [-0.2, -0.15) is 0 Å². The van der Waals surface area contributed by atoms with E-state index in [1.54, 1.807) is 28.7 Å². The Kier molecular flexibility index (Phi) is 4.85. The highest BCUT2D eigenvalue weighted by molar-refractivity contribution is 9.10. The van der Waals surface area contributed by atoms with Crippen molar-refractivity contribution in [3.05, 3.63) is 64.0 Å². The molecule has 0 bridgehead atoms. The van der Waals surface area contributed by atoms with Crippen molar-refractivity contribution in [1.82, 2.24) is 9.38 Å². The van der Waals surface area contributed by atoms with E-state index in [9.17, 15) is 9.59 Å². The number of aryl methyl sites for hydroxylation is 1. The lowest BCUT2D eigenvalue weighted by atomic mass is 10.1. The largest absolute Gasteiger partial charge is 0.481 e. The zero-order chi connectivity index (χ0) is 18.0. The molecule has 1 aromatic carbocycles. The Morgan fingerprint density at radius 3 is 2.56 bits per heavy atom. The minimum absolute atomic E-state index is 0.0461.